The Morgan fingerprint density at radius 1 is 1.15 bits per heavy atom. The molecule has 1 aromatic heterocycles. The van der Waals surface area contributed by atoms with Gasteiger partial charge in [-0.05, 0) is 94.2 Å². The number of carbonyl (C=O) groups excluding carboxylic acids is 2. The number of amides is 1. The summed E-state index contributed by atoms with van der Waals surface area (Å²) in [7, 11) is 0. The van der Waals surface area contributed by atoms with Gasteiger partial charge in [0.05, 0.1) is 17.2 Å². The molecular formula is C33H38N4O3. The van der Waals surface area contributed by atoms with Gasteiger partial charge in [0.25, 0.3) is 0 Å². The monoisotopic (exact) mass is 538 g/mol. The van der Waals surface area contributed by atoms with E-state index in [9.17, 15) is 14.9 Å². The SMILES string of the molecule is Cc1cc2c(cc1NC1CC3(CCN(C(=O)OC(C)(C)C)CC3)C1)C(C)(C)c1[nH]c3cc(C#N)ccc3c1C2=O. The number of hydrogen-bond acceptors (Lipinski definition) is 5. The highest BCUT2D eigenvalue weighted by atomic mass is 16.6. The lowest BCUT2D eigenvalue weighted by molar-refractivity contribution is -0.00861. The molecule has 2 N–H and O–H groups in total. The quantitative estimate of drug-likeness (QED) is 0.373. The van der Waals surface area contributed by atoms with Crippen molar-refractivity contribution in [2.45, 2.75) is 84.3 Å². The number of nitrogens with one attached hydrogen (secondary N) is 2. The maximum absolute atomic E-state index is 13.8. The highest BCUT2D eigenvalue weighted by molar-refractivity contribution is 6.20. The molecule has 2 fully saturated rings. The number of nitrogens with zero attached hydrogens (tertiary/aromatic N) is 2. The van der Waals surface area contributed by atoms with E-state index in [1.807, 2.05) is 43.9 Å². The summed E-state index contributed by atoms with van der Waals surface area (Å²) in [4.78, 5) is 31.6. The van der Waals surface area contributed by atoms with Crippen molar-refractivity contribution in [1.29, 1.82) is 5.26 Å². The first kappa shape index (κ1) is 26.4. The number of aromatic nitrogens is 1. The number of likely N-dealkylation sites (tertiary alicyclic amines) is 1. The normalized spacial score (nSPS) is 19.5. The molecule has 1 spiro atoms. The number of aryl methyl sites for hydroxylation is 1. The second-order valence-corrected chi connectivity index (χ2v) is 13.6. The third-order valence-corrected chi connectivity index (χ3v) is 9.26. The van der Waals surface area contributed by atoms with Gasteiger partial charge in [-0.1, -0.05) is 19.9 Å². The van der Waals surface area contributed by atoms with E-state index in [-0.39, 0.29) is 17.3 Å². The number of benzene rings is 2. The van der Waals surface area contributed by atoms with Crippen LogP contribution >= 0.6 is 0 Å². The molecule has 40 heavy (non-hydrogen) atoms. The molecule has 1 saturated carbocycles. The van der Waals surface area contributed by atoms with E-state index in [4.69, 9.17) is 4.74 Å². The second kappa shape index (κ2) is 8.86. The number of ether oxygens (including phenoxy) is 1. The van der Waals surface area contributed by atoms with Crippen LogP contribution in [0.4, 0.5) is 10.5 Å². The molecule has 2 aliphatic carbocycles. The van der Waals surface area contributed by atoms with Gasteiger partial charge in [-0.25, -0.2) is 4.79 Å². The van der Waals surface area contributed by atoms with E-state index in [0.29, 0.717) is 11.6 Å². The fourth-order valence-corrected chi connectivity index (χ4v) is 7.02. The summed E-state index contributed by atoms with van der Waals surface area (Å²) < 4.78 is 5.57. The molecule has 1 aliphatic heterocycles. The Hall–Kier alpha value is -3.79. The zero-order valence-electron chi connectivity index (χ0n) is 24.3. The predicted octanol–water partition coefficient (Wildman–Crippen LogP) is 6.81. The van der Waals surface area contributed by atoms with Gasteiger partial charge in [0.15, 0.2) is 5.78 Å². The van der Waals surface area contributed by atoms with Crippen LogP contribution in [-0.2, 0) is 10.2 Å². The Bertz CT molecular complexity index is 1580. The zero-order chi connectivity index (χ0) is 28.6. The van der Waals surface area contributed by atoms with E-state index in [2.05, 4.69) is 43.2 Å². The Morgan fingerprint density at radius 3 is 2.50 bits per heavy atom. The van der Waals surface area contributed by atoms with E-state index < -0.39 is 11.0 Å². The van der Waals surface area contributed by atoms with Crippen LogP contribution in [-0.4, -0.2) is 46.5 Å². The molecule has 7 nitrogen and oxygen atoms in total. The van der Waals surface area contributed by atoms with Crippen molar-refractivity contribution in [3.8, 4) is 6.07 Å². The summed E-state index contributed by atoms with van der Waals surface area (Å²) in [6, 6.07) is 12.3. The van der Waals surface area contributed by atoms with Crippen LogP contribution < -0.4 is 5.32 Å². The van der Waals surface area contributed by atoms with Crippen LogP contribution in [0.5, 0.6) is 0 Å². The first-order valence-corrected chi connectivity index (χ1v) is 14.3. The minimum atomic E-state index is -0.472. The Balaban J connectivity index is 1.19. The van der Waals surface area contributed by atoms with Crippen molar-refractivity contribution in [2.75, 3.05) is 18.4 Å². The van der Waals surface area contributed by atoms with Crippen LogP contribution in [0.15, 0.2) is 30.3 Å². The minimum Gasteiger partial charge on any atom is -0.444 e. The number of fused-ring (bicyclic) bond motifs is 4. The molecule has 7 heteroatoms. The Kier molecular flexibility index (Phi) is 5.85. The van der Waals surface area contributed by atoms with Crippen molar-refractivity contribution >= 4 is 28.5 Å². The lowest BCUT2D eigenvalue weighted by Gasteiger charge is -2.52. The molecule has 3 aromatic rings. The number of H-pyrrole nitrogens is 1. The predicted molar refractivity (Wildman–Crippen MR) is 156 cm³/mol. The molecule has 2 aromatic carbocycles. The fraction of sp³-hybridized carbons (Fsp3) is 0.485. The number of rotatable bonds is 2. The number of hydrogen-bond donors (Lipinski definition) is 2. The molecule has 0 radical (unpaired) electrons. The number of ketones is 1. The topological polar surface area (TPSA) is 98.2 Å². The third kappa shape index (κ3) is 4.25. The number of anilines is 1. The van der Waals surface area contributed by atoms with E-state index in [1.54, 1.807) is 6.07 Å². The Morgan fingerprint density at radius 2 is 1.85 bits per heavy atom. The average molecular weight is 539 g/mol. The lowest BCUT2D eigenvalue weighted by atomic mass is 9.60. The van der Waals surface area contributed by atoms with Crippen molar-refractivity contribution in [1.82, 2.24) is 9.88 Å². The van der Waals surface area contributed by atoms with E-state index in [0.717, 1.165) is 83.3 Å². The smallest absolute Gasteiger partial charge is 0.410 e. The van der Waals surface area contributed by atoms with Crippen molar-refractivity contribution < 1.29 is 14.3 Å². The van der Waals surface area contributed by atoms with Crippen LogP contribution in [0.2, 0.25) is 0 Å². The standard InChI is InChI=1S/C33H38N4O3/c1-19-13-23-24(32(5,6)29-27(28(23)38)22-8-7-20(18-34)14-26(22)36-29)15-25(19)35-21-16-33(17-21)9-11-37(12-10-33)30(39)40-31(2,3)4/h7-8,13-15,21,35-36H,9-12,16-17H2,1-6H3. The molecular weight excluding hydrogens is 500 g/mol. The highest BCUT2D eigenvalue weighted by Crippen LogP contribution is 2.51. The summed E-state index contributed by atoms with van der Waals surface area (Å²) >= 11 is 0. The molecule has 1 saturated heterocycles. The molecule has 3 aliphatic rings. The lowest BCUT2D eigenvalue weighted by Crippen LogP contribution is -2.53. The van der Waals surface area contributed by atoms with E-state index >= 15 is 0 Å². The maximum atomic E-state index is 13.8. The summed E-state index contributed by atoms with van der Waals surface area (Å²) in [6.07, 6.45) is 3.97. The van der Waals surface area contributed by atoms with Crippen LogP contribution in [0.1, 0.15) is 98.6 Å². The molecule has 1 amide bonds. The van der Waals surface area contributed by atoms with Gasteiger partial charge in [-0.3, -0.25) is 4.79 Å². The molecule has 2 heterocycles. The number of aromatic amines is 1. The van der Waals surface area contributed by atoms with Crippen molar-refractivity contribution in [3.63, 3.8) is 0 Å². The van der Waals surface area contributed by atoms with Gasteiger partial charge in [0.2, 0.25) is 0 Å². The number of piperidine rings is 1. The molecule has 0 atom stereocenters. The average Bonchev–Trinajstić information content (AvgIpc) is 3.27. The maximum Gasteiger partial charge on any atom is 0.410 e. The third-order valence-electron chi connectivity index (χ3n) is 9.26. The summed E-state index contributed by atoms with van der Waals surface area (Å²) in [5, 5.41) is 14.0. The fourth-order valence-electron chi connectivity index (χ4n) is 7.02. The minimum absolute atomic E-state index is 0.0364. The molecule has 0 unspecified atom stereocenters. The molecule has 0 bridgehead atoms. The first-order chi connectivity index (χ1) is 18.8. The van der Waals surface area contributed by atoms with Gasteiger partial charge in [0, 0.05) is 52.4 Å². The summed E-state index contributed by atoms with van der Waals surface area (Å²) in [5.41, 5.74) is 6.36. The van der Waals surface area contributed by atoms with Gasteiger partial charge in [-0.15, -0.1) is 0 Å². The summed E-state index contributed by atoms with van der Waals surface area (Å²) in [5.74, 6) is 0.0364. The van der Waals surface area contributed by atoms with Crippen LogP contribution in [0, 0.1) is 23.7 Å². The van der Waals surface area contributed by atoms with Gasteiger partial charge >= 0.3 is 6.09 Å². The number of nitriles is 1. The van der Waals surface area contributed by atoms with Gasteiger partial charge in [0.1, 0.15) is 5.60 Å². The van der Waals surface area contributed by atoms with E-state index in [1.165, 1.54) is 0 Å². The van der Waals surface area contributed by atoms with Crippen molar-refractivity contribution in [2.24, 2.45) is 5.41 Å². The van der Waals surface area contributed by atoms with Crippen molar-refractivity contribution in [3.05, 3.63) is 63.8 Å². The van der Waals surface area contributed by atoms with Crippen LogP contribution in [0.25, 0.3) is 10.9 Å². The van der Waals surface area contributed by atoms with Gasteiger partial charge < -0.3 is 19.9 Å². The second-order valence-electron chi connectivity index (χ2n) is 13.6. The van der Waals surface area contributed by atoms with Gasteiger partial charge in [-0.2, -0.15) is 5.26 Å². The first-order valence-electron chi connectivity index (χ1n) is 14.3. The molecule has 208 valence electrons. The largest absolute Gasteiger partial charge is 0.444 e. The highest BCUT2D eigenvalue weighted by Gasteiger charge is 2.47. The zero-order valence-corrected chi connectivity index (χ0v) is 24.3. The van der Waals surface area contributed by atoms with Crippen LogP contribution in [0.3, 0.4) is 0 Å². The molecule has 6 rings (SSSR count). The number of carbonyl (C=O) groups is 2. The summed E-state index contributed by atoms with van der Waals surface area (Å²) in [6.45, 7) is 13.6. The Labute approximate surface area is 235 Å².